The van der Waals surface area contributed by atoms with Gasteiger partial charge < -0.3 is 5.11 Å². The van der Waals surface area contributed by atoms with Crippen LogP contribution in [0, 0.1) is 52.3 Å². The molecule has 0 radical (unpaired) electrons. The molecular formula is C29H50O. The number of hydrogen-bond donors (Lipinski definition) is 1. The molecule has 1 heteroatoms. The molecular weight excluding hydrogens is 364 g/mol. The molecule has 4 saturated carbocycles. The van der Waals surface area contributed by atoms with Gasteiger partial charge >= 0.3 is 0 Å². The maximum absolute atomic E-state index is 10.3. The predicted molar refractivity (Wildman–Crippen MR) is 128 cm³/mol. The Bertz CT molecular complexity index is 597. The second-order valence-corrected chi connectivity index (χ2v) is 12.9. The average Bonchev–Trinajstić information content (AvgIpc) is 3.06. The second-order valence-electron chi connectivity index (χ2n) is 12.9. The molecule has 30 heavy (non-hydrogen) atoms. The van der Waals surface area contributed by atoms with Gasteiger partial charge in [0.05, 0.1) is 6.10 Å². The van der Waals surface area contributed by atoms with E-state index in [9.17, 15) is 5.11 Å². The molecule has 1 nitrogen and oxygen atoms in total. The largest absolute Gasteiger partial charge is 0.393 e. The van der Waals surface area contributed by atoms with Crippen molar-refractivity contribution in [2.45, 2.75) is 117 Å². The van der Waals surface area contributed by atoms with Crippen LogP contribution in [0.15, 0.2) is 12.7 Å². The van der Waals surface area contributed by atoms with E-state index >= 15 is 0 Å². The molecule has 0 aromatic carbocycles. The third kappa shape index (κ3) is 3.95. The van der Waals surface area contributed by atoms with Crippen LogP contribution in [0.3, 0.4) is 0 Å². The highest BCUT2D eigenvalue weighted by atomic mass is 16.3. The van der Waals surface area contributed by atoms with Crippen LogP contribution >= 0.6 is 0 Å². The van der Waals surface area contributed by atoms with Crippen LogP contribution in [0.5, 0.6) is 0 Å². The summed E-state index contributed by atoms with van der Waals surface area (Å²) in [6.07, 6.45) is 19.7. The number of rotatable bonds is 7. The Morgan fingerprint density at radius 2 is 1.67 bits per heavy atom. The van der Waals surface area contributed by atoms with Crippen LogP contribution in [0.1, 0.15) is 111 Å². The Hall–Kier alpha value is -0.300. The predicted octanol–water partition coefficient (Wildman–Crippen LogP) is 8.02. The smallest absolute Gasteiger partial charge is 0.0543 e. The maximum atomic E-state index is 10.3. The summed E-state index contributed by atoms with van der Waals surface area (Å²) in [6, 6.07) is 0. The van der Waals surface area contributed by atoms with E-state index in [1.807, 2.05) is 0 Å². The van der Waals surface area contributed by atoms with Gasteiger partial charge in [-0.25, -0.2) is 0 Å². The summed E-state index contributed by atoms with van der Waals surface area (Å²) in [6.45, 7) is 14.2. The fourth-order valence-corrected chi connectivity index (χ4v) is 9.60. The van der Waals surface area contributed by atoms with Crippen LogP contribution in [0.4, 0.5) is 0 Å². The Kier molecular flexibility index (Phi) is 6.80. The third-order valence-electron chi connectivity index (χ3n) is 11.3. The molecule has 4 rings (SSSR count). The summed E-state index contributed by atoms with van der Waals surface area (Å²) >= 11 is 0. The van der Waals surface area contributed by atoms with Crippen molar-refractivity contribution in [2.24, 2.45) is 52.3 Å². The molecule has 0 heterocycles. The zero-order valence-electron chi connectivity index (χ0n) is 20.5. The highest BCUT2D eigenvalue weighted by molar-refractivity contribution is 5.09. The molecule has 1 unspecified atom stereocenters. The standard InChI is InChI=1S/C29H50O/c1-6-8-20(2)9-7-10-21(3)25-13-14-26-24-12-11-22-19-23(30)15-17-28(22,4)27(24)16-18-29(25,26)5/h6,20-27,30H,1,7-19H2,2-5H3/t20?,21-,22+,23+,24+,25-,26+,27+,28+,29-/m1/s1. The van der Waals surface area contributed by atoms with Crippen molar-refractivity contribution >= 4 is 0 Å². The summed E-state index contributed by atoms with van der Waals surface area (Å²) in [5, 5.41) is 10.3. The van der Waals surface area contributed by atoms with Crippen LogP contribution in [-0.4, -0.2) is 11.2 Å². The first-order valence-electron chi connectivity index (χ1n) is 13.6. The van der Waals surface area contributed by atoms with Gasteiger partial charge in [-0.05, 0) is 116 Å². The Labute approximate surface area is 187 Å². The maximum Gasteiger partial charge on any atom is 0.0543 e. The van der Waals surface area contributed by atoms with Crippen molar-refractivity contribution in [1.29, 1.82) is 0 Å². The number of allylic oxidation sites excluding steroid dienone is 1. The first-order valence-corrected chi connectivity index (χ1v) is 13.6. The summed E-state index contributed by atoms with van der Waals surface area (Å²) in [4.78, 5) is 0. The highest BCUT2D eigenvalue weighted by Crippen LogP contribution is 2.68. The van der Waals surface area contributed by atoms with E-state index < -0.39 is 0 Å². The van der Waals surface area contributed by atoms with E-state index in [4.69, 9.17) is 0 Å². The highest BCUT2D eigenvalue weighted by Gasteiger charge is 2.60. The molecule has 4 fully saturated rings. The van der Waals surface area contributed by atoms with E-state index in [1.165, 1.54) is 70.6 Å². The fraction of sp³-hybridized carbons (Fsp3) is 0.931. The van der Waals surface area contributed by atoms with Crippen molar-refractivity contribution in [3.05, 3.63) is 12.7 Å². The minimum atomic E-state index is -0.0145. The van der Waals surface area contributed by atoms with Crippen LogP contribution in [0.25, 0.3) is 0 Å². The molecule has 0 aromatic rings. The van der Waals surface area contributed by atoms with Gasteiger partial charge in [0.15, 0.2) is 0 Å². The van der Waals surface area contributed by atoms with Crippen LogP contribution < -0.4 is 0 Å². The van der Waals surface area contributed by atoms with Gasteiger partial charge in [-0.2, -0.15) is 0 Å². The third-order valence-corrected chi connectivity index (χ3v) is 11.3. The van der Waals surface area contributed by atoms with Crippen molar-refractivity contribution in [3.8, 4) is 0 Å². The Morgan fingerprint density at radius 1 is 0.933 bits per heavy atom. The number of hydrogen-bond acceptors (Lipinski definition) is 1. The van der Waals surface area contributed by atoms with Crippen LogP contribution in [0.2, 0.25) is 0 Å². The van der Waals surface area contributed by atoms with E-state index in [-0.39, 0.29) is 6.10 Å². The minimum Gasteiger partial charge on any atom is -0.393 e. The fourth-order valence-electron chi connectivity index (χ4n) is 9.60. The first-order chi connectivity index (χ1) is 14.3. The molecule has 0 bridgehead atoms. The van der Waals surface area contributed by atoms with Gasteiger partial charge in [0.1, 0.15) is 0 Å². The van der Waals surface area contributed by atoms with E-state index in [1.54, 1.807) is 0 Å². The first kappa shape index (κ1) is 22.9. The number of fused-ring (bicyclic) bond motifs is 5. The molecule has 172 valence electrons. The average molecular weight is 415 g/mol. The molecule has 4 aliphatic rings. The Balaban J connectivity index is 1.40. The lowest BCUT2D eigenvalue weighted by Crippen LogP contribution is -2.54. The van der Waals surface area contributed by atoms with Crippen molar-refractivity contribution in [3.63, 3.8) is 0 Å². The van der Waals surface area contributed by atoms with Gasteiger partial charge in [-0.1, -0.05) is 53.0 Å². The summed E-state index contributed by atoms with van der Waals surface area (Å²) in [7, 11) is 0. The van der Waals surface area contributed by atoms with Gasteiger partial charge in [0.2, 0.25) is 0 Å². The number of aliphatic hydroxyl groups is 1. The molecule has 10 atom stereocenters. The van der Waals surface area contributed by atoms with Crippen molar-refractivity contribution in [1.82, 2.24) is 0 Å². The molecule has 1 N–H and O–H groups in total. The summed E-state index contributed by atoms with van der Waals surface area (Å²) in [5.41, 5.74) is 1.12. The second kappa shape index (κ2) is 8.92. The van der Waals surface area contributed by atoms with Gasteiger partial charge in [-0.15, -0.1) is 6.58 Å². The quantitative estimate of drug-likeness (QED) is 0.418. The lowest BCUT2D eigenvalue weighted by molar-refractivity contribution is -0.129. The monoisotopic (exact) mass is 414 g/mol. The lowest BCUT2D eigenvalue weighted by atomic mass is 9.44. The molecule has 0 spiro atoms. The topological polar surface area (TPSA) is 20.2 Å². The van der Waals surface area contributed by atoms with Gasteiger partial charge in [0, 0.05) is 0 Å². The van der Waals surface area contributed by atoms with Crippen molar-refractivity contribution in [2.75, 3.05) is 0 Å². The molecule has 4 aliphatic carbocycles. The molecule has 0 aliphatic heterocycles. The van der Waals surface area contributed by atoms with E-state index in [0.29, 0.717) is 10.8 Å². The van der Waals surface area contributed by atoms with E-state index in [0.717, 1.165) is 54.3 Å². The molecule has 0 aromatic heterocycles. The van der Waals surface area contributed by atoms with Gasteiger partial charge in [0.25, 0.3) is 0 Å². The summed E-state index contributed by atoms with van der Waals surface area (Å²) < 4.78 is 0. The number of aliphatic hydroxyl groups excluding tert-OH is 1. The Morgan fingerprint density at radius 3 is 2.43 bits per heavy atom. The molecule has 0 amide bonds. The SMILES string of the molecule is C=CCC(C)CCC[C@@H](C)[C@H]1CC[C@H]2[C@@H]3CC[C@H]4C[C@@H](O)CC[C@]4(C)[C@H]3CC[C@]12C. The molecule has 0 saturated heterocycles. The van der Waals surface area contributed by atoms with E-state index in [2.05, 4.69) is 40.3 Å². The minimum absolute atomic E-state index is 0.0145. The summed E-state index contributed by atoms with van der Waals surface area (Å²) in [5.74, 6) is 6.34. The van der Waals surface area contributed by atoms with Crippen molar-refractivity contribution < 1.29 is 5.11 Å². The normalized spacial score (nSPS) is 47.6. The zero-order chi connectivity index (χ0) is 21.5. The lowest BCUT2D eigenvalue weighted by Gasteiger charge is -2.61. The van der Waals surface area contributed by atoms with Crippen LogP contribution in [-0.2, 0) is 0 Å². The van der Waals surface area contributed by atoms with Gasteiger partial charge in [-0.3, -0.25) is 0 Å². The zero-order valence-corrected chi connectivity index (χ0v) is 20.5.